The molecule has 0 radical (unpaired) electrons. The maximum absolute atomic E-state index is 11.3. The summed E-state index contributed by atoms with van der Waals surface area (Å²) in [6, 6.07) is 3.72. The van der Waals surface area contributed by atoms with Gasteiger partial charge in [0.15, 0.2) is 0 Å². The van der Waals surface area contributed by atoms with Crippen molar-refractivity contribution in [3.05, 3.63) is 21.3 Å². The van der Waals surface area contributed by atoms with E-state index in [1.165, 1.54) is 11.3 Å². The van der Waals surface area contributed by atoms with Gasteiger partial charge in [-0.1, -0.05) is 18.5 Å². The number of rotatable bonds is 4. The number of amides is 1. The van der Waals surface area contributed by atoms with Crippen LogP contribution < -0.4 is 11.1 Å². The summed E-state index contributed by atoms with van der Waals surface area (Å²) in [5.41, 5.74) is 5.37. The standard InChI is InChI=1S/C9H13ClN2OS.ClH/c1-6(4-11)9(13)12-5-7-2-3-8(10)14-7;/h2-3,6H,4-5,11H2,1H3,(H,12,13);1H. The fourth-order valence-corrected chi connectivity index (χ4v) is 1.93. The van der Waals surface area contributed by atoms with Crippen LogP contribution in [-0.4, -0.2) is 12.5 Å². The number of nitrogens with one attached hydrogen (secondary N) is 1. The van der Waals surface area contributed by atoms with Crippen LogP contribution in [0.4, 0.5) is 0 Å². The van der Waals surface area contributed by atoms with E-state index < -0.39 is 0 Å². The normalized spacial score (nSPS) is 11.7. The van der Waals surface area contributed by atoms with E-state index in [-0.39, 0.29) is 24.2 Å². The first-order chi connectivity index (χ1) is 6.63. The minimum absolute atomic E-state index is 0. The molecule has 1 amide bonds. The number of halogens is 2. The zero-order valence-electron chi connectivity index (χ0n) is 8.33. The number of carbonyl (C=O) groups is 1. The maximum atomic E-state index is 11.3. The van der Waals surface area contributed by atoms with Gasteiger partial charge < -0.3 is 11.1 Å². The van der Waals surface area contributed by atoms with E-state index in [1.807, 2.05) is 12.1 Å². The molecule has 1 atom stereocenters. The zero-order chi connectivity index (χ0) is 10.6. The Hall–Kier alpha value is -0.290. The lowest BCUT2D eigenvalue weighted by Crippen LogP contribution is -2.32. The highest BCUT2D eigenvalue weighted by Gasteiger charge is 2.10. The highest BCUT2D eigenvalue weighted by Crippen LogP contribution is 2.20. The molecule has 0 spiro atoms. The first-order valence-corrected chi connectivity index (χ1v) is 5.55. The van der Waals surface area contributed by atoms with Gasteiger partial charge in [0.05, 0.1) is 10.9 Å². The molecular formula is C9H14Cl2N2OS. The van der Waals surface area contributed by atoms with Gasteiger partial charge in [-0.15, -0.1) is 23.7 Å². The molecule has 1 aromatic rings. The van der Waals surface area contributed by atoms with Crippen molar-refractivity contribution in [1.82, 2.24) is 5.32 Å². The molecule has 1 rings (SSSR count). The average Bonchev–Trinajstić information content (AvgIpc) is 2.59. The molecule has 0 aliphatic rings. The molecule has 86 valence electrons. The molecule has 0 saturated heterocycles. The zero-order valence-corrected chi connectivity index (χ0v) is 10.7. The van der Waals surface area contributed by atoms with E-state index in [2.05, 4.69) is 5.32 Å². The number of hydrogen-bond donors (Lipinski definition) is 2. The maximum Gasteiger partial charge on any atom is 0.224 e. The largest absolute Gasteiger partial charge is 0.351 e. The van der Waals surface area contributed by atoms with Gasteiger partial charge in [0.1, 0.15) is 0 Å². The van der Waals surface area contributed by atoms with Crippen LogP contribution in [0, 0.1) is 5.92 Å². The summed E-state index contributed by atoms with van der Waals surface area (Å²) in [7, 11) is 0. The summed E-state index contributed by atoms with van der Waals surface area (Å²) in [5, 5.41) is 2.80. The Morgan fingerprint density at radius 2 is 2.33 bits per heavy atom. The number of nitrogens with two attached hydrogens (primary N) is 1. The van der Waals surface area contributed by atoms with E-state index in [0.29, 0.717) is 13.1 Å². The third-order valence-corrected chi connectivity index (χ3v) is 3.10. The van der Waals surface area contributed by atoms with E-state index in [1.54, 1.807) is 6.92 Å². The van der Waals surface area contributed by atoms with Crippen molar-refractivity contribution < 1.29 is 4.79 Å². The van der Waals surface area contributed by atoms with Gasteiger partial charge in [0.25, 0.3) is 0 Å². The first kappa shape index (κ1) is 14.7. The third-order valence-electron chi connectivity index (χ3n) is 1.87. The minimum Gasteiger partial charge on any atom is -0.351 e. The van der Waals surface area contributed by atoms with Crippen molar-refractivity contribution in [3.63, 3.8) is 0 Å². The lowest BCUT2D eigenvalue weighted by atomic mass is 10.2. The molecular weight excluding hydrogens is 255 g/mol. The Kier molecular flexibility index (Phi) is 6.92. The Bertz CT molecular complexity index is 317. The van der Waals surface area contributed by atoms with Crippen LogP contribution in [0.3, 0.4) is 0 Å². The van der Waals surface area contributed by atoms with Gasteiger partial charge in [-0.3, -0.25) is 4.79 Å². The molecule has 0 aliphatic carbocycles. The van der Waals surface area contributed by atoms with Crippen molar-refractivity contribution in [3.8, 4) is 0 Å². The SMILES string of the molecule is CC(CN)C(=O)NCc1ccc(Cl)s1.Cl. The molecule has 0 fully saturated rings. The molecule has 0 aliphatic heterocycles. The molecule has 0 bridgehead atoms. The highest BCUT2D eigenvalue weighted by atomic mass is 35.5. The Morgan fingerprint density at radius 1 is 1.67 bits per heavy atom. The Morgan fingerprint density at radius 3 is 2.80 bits per heavy atom. The van der Waals surface area contributed by atoms with Crippen LogP contribution in [0.5, 0.6) is 0 Å². The number of carbonyl (C=O) groups excluding carboxylic acids is 1. The van der Waals surface area contributed by atoms with E-state index >= 15 is 0 Å². The van der Waals surface area contributed by atoms with Crippen LogP contribution in [0.25, 0.3) is 0 Å². The van der Waals surface area contributed by atoms with E-state index in [9.17, 15) is 4.79 Å². The average molecular weight is 269 g/mol. The lowest BCUT2D eigenvalue weighted by molar-refractivity contribution is -0.124. The van der Waals surface area contributed by atoms with Gasteiger partial charge in [-0.05, 0) is 12.1 Å². The Balaban J connectivity index is 0.00000196. The summed E-state index contributed by atoms with van der Waals surface area (Å²) in [4.78, 5) is 12.4. The molecule has 3 nitrogen and oxygen atoms in total. The number of thiophene rings is 1. The molecule has 0 saturated carbocycles. The van der Waals surface area contributed by atoms with Gasteiger partial charge in [-0.2, -0.15) is 0 Å². The summed E-state index contributed by atoms with van der Waals surface area (Å²) >= 11 is 7.22. The quantitative estimate of drug-likeness (QED) is 0.878. The third kappa shape index (κ3) is 4.84. The molecule has 1 aromatic heterocycles. The molecule has 1 heterocycles. The van der Waals surface area contributed by atoms with Gasteiger partial charge in [0, 0.05) is 17.3 Å². The predicted molar refractivity (Wildman–Crippen MR) is 66.6 cm³/mol. The van der Waals surface area contributed by atoms with Crippen molar-refractivity contribution in [1.29, 1.82) is 0 Å². The molecule has 15 heavy (non-hydrogen) atoms. The molecule has 1 unspecified atom stereocenters. The smallest absolute Gasteiger partial charge is 0.224 e. The fraction of sp³-hybridized carbons (Fsp3) is 0.444. The predicted octanol–water partition coefficient (Wildman–Crippen LogP) is 2.03. The van der Waals surface area contributed by atoms with Gasteiger partial charge >= 0.3 is 0 Å². The summed E-state index contributed by atoms with van der Waals surface area (Å²) in [5.74, 6) is -0.151. The summed E-state index contributed by atoms with van der Waals surface area (Å²) in [6.07, 6.45) is 0. The second-order valence-electron chi connectivity index (χ2n) is 3.06. The van der Waals surface area contributed by atoms with Crippen molar-refractivity contribution in [2.75, 3.05) is 6.54 Å². The van der Waals surface area contributed by atoms with Gasteiger partial charge in [0.2, 0.25) is 5.91 Å². The molecule has 3 N–H and O–H groups in total. The minimum atomic E-state index is -0.134. The van der Waals surface area contributed by atoms with E-state index in [4.69, 9.17) is 17.3 Å². The summed E-state index contributed by atoms with van der Waals surface area (Å²) < 4.78 is 0.737. The lowest BCUT2D eigenvalue weighted by Gasteiger charge is -2.08. The van der Waals surface area contributed by atoms with Crippen LogP contribution >= 0.6 is 35.3 Å². The number of hydrogen-bond acceptors (Lipinski definition) is 3. The van der Waals surface area contributed by atoms with Crippen LogP contribution in [0.1, 0.15) is 11.8 Å². The van der Waals surface area contributed by atoms with Crippen molar-refractivity contribution in [2.45, 2.75) is 13.5 Å². The second kappa shape index (κ2) is 7.06. The monoisotopic (exact) mass is 268 g/mol. The topological polar surface area (TPSA) is 55.1 Å². The van der Waals surface area contributed by atoms with Crippen LogP contribution in [-0.2, 0) is 11.3 Å². The van der Waals surface area contributed by atoms with E-state index in [0.717, 1.165) is 9.21 Å². The van der Waals surface area contributed by atoms with Crippen molar-refractivity contribution >= 4 is 41.3 Å². The fourth-order valence-electron chi connectivity index (χ4n) is 0.902. The molecule has 0 aromatic carbocycles. The highest BCUT2D eigenvalue weighted by molar-refractivity contribution is 7.16. The molecule has 6 heteroatoms. The second-order valence-corrected chi connectivity index (χ2v) is 4.86. The van der Waals surface area contributed by atoms with Crippen LogP contribution in [0.15, 0.2) is 12.1 Å². The first-order valence-electron chi connectivity index (χ1n) is 4.35. The summed E-state index contributed by atoms with van der Waals surface area (Å²) in [6.45, 7) is 2.70. The van der Waals surface area contributed by atoms with Crippen molar-refractivity contribution in [2.24, 2.45) is 11.7 Å². The Labute approximate surface area is 104 Å². The van der Waals surface area contributed by atoms with Crippen LogP contribution in [0.2, 0.25) is 4.34 Å². The van der Waals surface area contributed by atoms with Gasteiger partial charge in [-0.25, -0.2) is 0 Å².